The lowest BCUT2D eigenvalue weighted by Crippen LogP contribution is -2.10. The van der Waals surface area contributed by atoms with Crippen molar-refractivity contribution in [1.82, 2.24) is 0 Å². The van der Waals surface area contributed by atoms with E-state index in [4.69, 9.17) is 0 Å². The number of allylic oxidation sites excluding steroid dienone is 1. The first kappa shape index (κ1) is 15.1. The molecule has 0 rings (SSSR count). The third kappa shape index (κ3) is 9.04. The van der Waals surface area contributed by atoms with Crippen molar-refractivity contribution < 1.29 is 23.9 Å². The Morgan fingerprint density at radius 3 is 2.24 bits per heavy atom. The van der Waals surface area contributed by atoms with Gasteiger partial charge in [0.05, 0.1) is 6.26 Å². The summed E-state index contributed by atoms with van der Waals surface area (Å²) in [6, 6.07) is 0. The Morgan fingerprint density at radius 2 is 1.71 bits per heavy atom. The summed E-state index contributed by atoms with van der Waals surface area (Å²) in [5.41, 5.74) is 0. The fraction of sp³-hybridized carbons (Fsp3) is 0.417. The molecular weight excluding hydrogens is 224 g/mol. The highest BCUT2D eigenvalue weighted by Crippen LogP contribution is 2.03. The Balaban J connectivity index is 3.61. The first-order valence-electron chi connectivity index (χ1n) is 5.28. The second-order valence-electron chi connectivity index (χ2n) is 3.16. The van der Waals surface area contributed by atoms with E-state index in [0.29, 0.717) is 12.8 Å². The number of hydrogen-bond donors (Lipinski definition) is 0. The number of carbonyl (C=O) groups excluding carboxylic acids is 3. The molecule has 0 aliphatic carbocycles. The van der Waals surface area contributed by atoms with Crippen LogP contribution in [0.5, 0.6) is 0 Å². The van der Waals surface area contributed by atoms with Crippen LogP contribution in [0.2, 0.25) is 0 Å². The number of hydrogen-bond acceptors (Lipinski definition) is 5. The van der Waals surface area contributed by atoms with E-state index in [9.17, 15) is 14.4 Å². The zero-order valence-corrected chi connectivity index (χ0v) is 9.81. The minimum atomic E-state index is -0.677. The van der Waals surface area contributed by atoms with Gasteiger partial charge in [-0.25, -0.2) is 4.79 Å². The molecule has 0 aromatic carbocycles. The lowest BCUT2D eigenvalue weighted by Gasteiger charge is -2.00. The van der Waals surface area contributed by atoms with Crippen LogP contribution in [0.3, 0.4) is 0 Å². The normalized spacial score (nSPS) is 9.94. The molecule has 0 N–H and O–H groups in total. The number of esters is 3. The van der Waals surface area contributed by atoms with Crippen molar-refractivity contribution in [1.29, 1.82) is 0 Å². The molecule has 94 valence electrons. The van der Waals surface area contributed by atoms with Crippen LogP contribution in [-0.2, 0) is 23.9 Å². The zero-order chi connectivity index (χ0) is 13.1. The SMILES string of the molecule is C=COC(=O)CCCCC(=O)OC(=O)/C=C/C. The second-order valence-corrected chi connectivity index (χ2v) is 3.16. The fourth-order valence-electron chi connectivity index (χ4n) is 1.02. The molecule has 0 aliphatic heterocycles. The summed E-state index contributed by atoms with van der Waals surface area (Å²) in [4.78, 5) is 32.8. The van der Waals surface area contributed by atoms with Gasteiger partial charge in [0.1, 0.15) is 0 Å². The Kier molecular flexibility index (Phi) is 8.28. The second kappa shape index (κ2) is 9.33. The highest BCUT2D eigenvalue weighted by molar-refractivity contribution is 5.91. The van der Waals surface area contributed by atoms with Gasteiger partial charge in [0.2, 0.25) is 0 Å². The van der Waals surface area contributed by atoms with Crippen molar-refractivity contribution in [2.75, 3.05) is 0 Å². The molecule has 5 nitrogen and oxygen atoms in total. The zero-order valence-electron chi connectivity index (χ0n) is 9.81. The van der Waals surface area contributed by atoms with Crippen LogP contribution < -0.4 is 0 Å². The van der Waals surface area contributed by atoms with Gasteiger partial charge in [0.25, 0.3) is 0 Å². The average molecular weight is 240 g/mol. The molecule has 0 radical (unpaired) electrons. The quantitative estimate of drug-likeness (QED) is 0.223. The largest absolute Gasteiger partial charge is 0.435 e. The van der Waals surface area contributed by atoms with Crippen molar-refractivity contribution in [2.45, 2.75) is 32.6 Å². The van der Waals surface area contributed by atoms with E-state index >= 15 is 0 Å². The molecule has 0 aromatic heterocycles. The van der Waals surface area contributed by atoms with Crippen LogP contribution in [0.15, 0.2) is 25.0 Å². The topological polar surface area (TPSA) is 69.7 Å². The maximum atomic E-state index is 11.1. The number of unbranched alkanes of at least 4 members (excludes halogenated alkanes) is 1. The van der Waals surface area contributed by atoms with Crippen LogP contribution in [0.25, 0.3) is 0 Å². The standard InChI is InChI=1S/C12H16O5/c1-3-7-11(14)17-12(15)9-6-5-8-10(13)16-4-2/h3-4,7H,2,5-6,8-9H2,1H3/b7-3+. The van der Waals surface area contributed by atoms with Gasteiger partial charge in [-0.15, -0.1) is 0 Å². The van der Waals surface area contributed by atoms with E-state index in [2.05, 4.69) is 16.1 Å². The van der Waals surface area contributed by atoms with Gasteiger partial charge in [0, 0.05) is 18.9 Å². The van der Waals surface area contributed by atoms with Crippen LogP contribution in [0.4, 0.5) is 0 Å². The van der Waals surface area contributed by atoms with Gasteiger partial charge >= 0.3 is 17.9 Å². The third-order valence-electron chi connectivity index (χ3n) is 1.74. The molecule has 0 aliphatic rings. The van der Waals surface area contributed by atoms with E-state index in [1.165, 1.54) is 12.2 Å². The van der Waals surface area contributed by atoms with Crippen molar-refractivity contribution in [2.24, 2.45) is 0 Å². The third-order valence-corrected chi connectivity index (χ3v) is 1.74. The Bertz CT molecular complexity index is 317. The molecule has 17 heavy (non-hydrogen) atoms. The molecule has 0 aromatic rings. The lowest BCUT2D eigenvalue weighted by atomic mass is 10.2. The van der Waals surface area contributed by atoms with Crippen LogP contribution in [-0.4, -0.2) is 17.9 Å². The number of carbonyl (C=O) groups is 3. The molecule has 5 heteroatoms. The van der Waals surface area contributed by atoms with E-state index < -0.39 is 17.9 Å². The average Bonchev–Trinajstić information content (AvgIpc) is 2.25. The van der Waals surface area contributed by atoms with Crippen LogP contribution in [0.1, 0.15) is 32.6 Å². The molecular formula is C12H16O5. The maximum Gasteiger partial charge on any atom is 0.338 e. The van der Waals surface area contributed by atoms with Gasteiger partial charge < -0.3 is 9.47 Å². The van der Waals surface area contributed by atoms with Crippen LogP contribution in [0, 0.1) is 0 Å². The summed E-state index contributed by atoms with van der Waals surface area (Å²) in [6.45, 7) is 4.90. The summed E-state index contributed by atoms with van der Waals surface area (Å²) in [6.07, 6.45) is 4.99. The van der Waals surface area contributed by atoms with E-state index in [1.54, 1.807) is 6.92 Å². The number of ether oxygens (including phenoxy) is 2. The predicted molar refractivity (Wildman–Crippen MR) is 60.7 cm³/mol. The predicted octanol–water partition coefficient (Wildman–Crippen LogP) is 1.88. The first-order valence-corrected chi connectivity index (χ1v) is 5.28. The Hall–Kier alpha value is -1.91. The van der Waals surface area contributed by atoms with Crippen molar-refractivity contribution in [3.63, 3.8) is 0 Å². The minimum Gasteiger partial charge on any atom is -0.435 e. The Labute approximate surface area is 100 Å². The maximum absolute atomic E-state index is 11.1. The van der Waals surface area contributed by atoms with Gasteiger partial charge in [-0.2, -0.15) is 0 Å². The lowest BCUT2D eigenvalue weighted by molar-refractivity contribution is -0.156. The minimum absolute atomic E-state index is 0.102. The molecule has 0 fully saturated rings. The summed E-state index contributed by atoms with van der Waals surface area (Å²) in [5.74, 6) is -1.66. The number of rotatable bonds is 7. The van der Waals surface area contributed by atoms with Gasteiger partial charge in [-0.3, -0.25) is 9.59 Å². The first-order chi connectivity index (χ1) is 8.10. The smallest absolute Gasteiger partial charge is 0.338 e. The van der Waals surface area contributed by atoms with Crippen LogP contribution >= 0.6 is 0 Å². The van der Waals surface area contributed by atoms with Crippen molar-refractivity contribution >= 4 is 17.9 Å². The summed E-state index contributed by atoms with van der Waals surface area (Å²) >= 11 is 0. The van der Waals surface area contributed by atoms with E-state index in [0.717, 1.165) is 6.26 Å². The molecule has 0 spiro atoms. The van der Waals surface area contributed by atoms with Crippen molar-refractivity contribution in [3.05, 3.63) is 25.0 Å². The summed E-state index contributed by atoms with van der Waals surface area (Å²) in [5, 5.41) is 0. The van der Waals surface area contributed by atoms with Gasteiger partial charge in [0.15, 0.2) is 0 Å². The van der Waals surface area contributed by atoms with Crippen molar-refractivity contribution in [3.8, 4) is 0 Å². The van der Waals surface area contributed by atoms with E-state index in [-0.39, 0.29) is 12.8 Å². The van der Waals surface area contributed by atoms with E-state index in [1.807, 2.05) is 0 Å². The molecule has 0 saturated heterocycles. The molecule has 0 saturated carbocycles. The molecule has 0 atom stereocenters. The highest BCUT2D eigenvalue weighted by atomic mass is 16.6. The molecule has 0 amide bonds. The monoisotopic (exact) mass is 240 g/mol. The van der Waals surface area contributed by atoms with Gasteiger partial charge in [-0.1, -0.05) is 12.7 Å². The Morgan fingerprint density at radius 1 is 1.12 bits per heavy atom. The molecule has 0 bridgehead atoms. The highest BCUT2D eigenvalue weighted by Gasteiger charge is 2.08. The van der Waals surface area contributed by atoms with Gasteiger partial charge in [-0.05, 0) is 19.8 Å². The fourth-order valence-corrected chi connectivity index (χ4v) is 1.02. The molecule has 0 heterocycles. The summed E-state index contributed by atoms with van der Waals surface area (Å²) in [7, 11) is 0. The summed E-state index contributed by atoms with van der Waals surface area (Å²) < 4.78 is 8.94. The molecule has 0 unspecified atom stereocenters.